The van der Waals surface area contributed by atoms with Crippen molar-refractivity contribution >= 4 is 17.7 Å². The molecule has 4 heterocycles. The van der Waals surface area contributed by atoms with E-state index in [9.17, 15) is 18.0 Å². The Morgan fingerprint density at radius 2 is 1.45 bits per heavy atom. The normalized spacial score (nSPS) is 19.1. The molecule has 0 N–H and O–H groups in total. The summed E-state index contributed by atoms with van der Waals surface area (Å²) in [7, 11) is 0. The second kappa shape index (κ2) is 8.83. The Hall–Kier alpha value is -2.84. The van der Waals surface area contributed by atoms with Crippen LogP contribution < -0.4 is 9.80 Å². The second-order valence-corrected chi connectivity index (χ2v) is 9.07. The zero-order chi connectivity index (χ0) is 23.0. The van der Waals surface area contributed by atoms with Gasteiger partial charge in [-0.2, -0.15) is 18.2 Å². The van der Waals surface area contributed by atoms with Crippen molar-refractivity contribution in [3.63, 3.8) is 0 Å². The van der Waals surface area contributed by atoms with Crippen molar-refractivity contribution in [2.24, 2.45) is 0 Å². The summed E-state index contributed by atoms with van der Waals surface area (Å²) in [6.45, 7) is 4.68. The van der Waals surface area contributed by atoms with Crippen LogP contribution >= 0.6 is 0 Å². The number of piperidine rings is 1. The van der Waals surface area contributed by atoms with Crippen LogP contribution in [0.25, 0.3) is 0 Å². The Kier molecular flexibility index (Phi) is 5.88. The zero-order valence-corrected chi connectivity index (χ0v) is 18.6. The smallest absolute Gasteiger partial charge is 0.356 e. The molecule has 176 valence electrons. The standard InChI is InChI=1S/C24H28F3N5O/c25-24(26,27)18-8-6-17(7-9-18)22(33)32-15-10-20-19(16-32)21(30-11-4-5-12-30)29-23(28-20)31-13-2-1-3-14-31/h6-9H,1-5,10-16H2. The van der Waals surface area contributed by atoms with E-state index < -0.39 is 11.7 Å². The third-order valence-electron chi connectivity index (χ3n) is 6.82. The molecule has 0 atom stereocenters. The number of hydrogen-bond donors (Lipinski definition) is 0. The Labute approximate surface area is 191 Å². The van der Waals surface area contributed by atoms with Crippen LogP contribution in [0.2, 0.25) is 0 Å². The van der Waals surface area contributed by atoms with Crippen LogP contribution in [0.3, 0.4) is 0 Å². The minimum atomic E-state index is -4.42. The molecule has 1 amide bonds. The first-order valence-electron chi connectivity index (χ1n) is 11.8. The van der Waals surface area contributed by atoms with E-state index in [0.29, 0.717) is 19.5 Å². The number of halogens is 3. The van der Waals surface area contributed by atoms with Crippen molar-refractivity contribution in [2.45, 2.75) is 51.2 Å². The average molecular weight is 460 g/mol. The summed E-state index contributed by atoms with van der Waals surface area (Å²) >= 11 is 0. The Bertz CT molecular complexity index is 1010. The summed E-state index contributed by atoms with van der Waals surface area (Å²) in [5.41, 5.74) is 1.48. The minimum absolute atomic E-state index is 0.262. The van der Waals surface area contributed by atoms with Gasteiger partial charge < -0.3 is 14.7 Å². The van der Waals surface area contributed by atoms with Crippen LogP contribution in [0.5, 0.6) is 0 Å². The Balaban J connectivity index is 1.42. The van der Waals surface area contributed by atoms with Gasteiger partial charge in [-0.25, -0.2) is 4.98 Å². The molecule has 0 radical (unpaired) electrons. The molecule has 0 bridgehead atoms. The number of fused-ring (bicyclic) bond motifs is 1. The van der Waals surface area contributed by atoms with Gasteiger partial charge in [-0.1, -0.05) is 0 Å². The number of rotatable bonds is 3. The molecular formula is C24H28F3N5O. The van der Waals surface area contributed by atoms with Crippen molar-refractivity contribution < 1.29 is 18.0 Å². The number of nitrogens with zero attached hydrogens (tertiary/aromatic N) is 5. The molecule has 3 aliphatic rings. The zero-order valence-electron chi connectivity index (χ0n) is 18.6. The summed E-state index contributed by atoms with van der Waals surface area (Å²) < 4.78 is 38.6. The van der Waals surface area contributed by atoms with E-state index in [0.717, 1.165) is 87.0 Å². The third kappa shape index (κ3) is 4.50. The van der Waals surface area contributed by atoms with Crippen molar-refractivity contribution in [1.82, 2.24) is 14.9 Å². The highest BCUT2D eigenvalue weighted by Crippen LogP contribution is 2.33. The van der Waals surface area contributed by atoms with Gasteiger partial charge in [0.05, 0.1) is 17.8 Å². The fourth-order valence-electron chi connectivity index (χ4n) is 4.97. The summed E-state index contributed by atoms with van der Waals surface area (Å²) in [5, 5.41) is 0. The molecular weight excluding hydrogens is 431 g/mol. The minimum Gasteiger partial charge on any atom is -0.356 e. The number of hydrogen-bond acceptors (Lipinski definition) is 5. The van der Waals surface area contributed by atoms with Crippen LogP contribution in [0.4, 0.5) is 24.9 Å². The lowest BCUT2D eigenvalue weighted by Gasteiger charge is -2.34. The van der Waals surface area contributed by atoms with E-state index in [1.54, 1.807) is 4.90 Å². The Morgan fingerprint density at radius 1 is 0.818 bits per heavy atom. The molecule has 0 aliphatic carbocycles. The van der Waals surface area contributed by atoms with E-state index >= 15 is 0 Å². The molecule has 2 fully saturated rings. The lowest BCUT2D eigenvalue weighted by Crippen LogP contribution is -2.39. The highest BCUT2D eigenvalue weighted by Gasteiger charge is 2.32. The number of benzene rings is 1. The van der Waals surface area contributed by atoms with Crippen molar-refractivity contribution in [1.29, 1.82) is 0 Å². The molecule has 0 spiro atoms. The molecule has 2 aromatic rings. The molecule has 1 aromatic heterocycles. The van der Waals surface area contributed by atoms with E-state index in [2.05, 4.69) is 9.80 Å². The maximum absolute atomic E-state index is 13.1. The highest BCUT2D eigenvalue weighted by molar-refractivity contribution is 5.94. The molecule has 2 saturated heterocycles. The lowest BCUT2D eigenvalue weighted by molar-refractivity contribution is -0.137. The maximum atomic E-state index is 13.1. The molecule has 0 unspecified atom stereocenters. The predicted octanol–water partition coefficient (Wildman–Crippen LogP) is 4.28. The van der Waals surface area contributed by atoms with Gasteiger partial charge in [-0.05, 0) is 56.4 Å². The monoisotopic (exact) mass is 459 g/mol. The number of carbonyl (C=O) groups excluding carboxylic acids is 1. The molecule has 1 aromatic carbocycles. The van der Waals surface area contributed by atoms with Gasteiger partial charge in [0.2, 0.25) is 5.95 Å². The van der Waals surface area contributed by atoms with Gasteiger partial charge in [-0.15, -0.1) is 0 Å². The van der Waals surface area contributed by atoms with E-state index in [-0.39, 0.29) is 11.5 Å². The van der Waals surface area contributed by atoms with Gasteiger partial charge in [0.15, 0.2) is 0 Å². The van der Waals surface area contributed by atoms with Gasteiger partial charge >= 0.3 is 6.18 Å². The van der Waals surface area contributed by atoms with Crippen LogP contribution in [-0.4, -0.2) is 53.5 Å². The molecule has 3 aliphatic heterocycles. The average Bonchev–Trinajstić information content (AvgIpc) is 3.37. The van der Waals surface area contributed by atoms with Crippen LogP contribution in [0.1, 0.15) is 59.3 Å². The molecule has 0 saturated carbocycles. The van der Waals surface area contributed by atoms with Crippen LogP contribution in [0, 0.1) is 0 Å². The summed E-state index contributed by atoms with van der Waals surface area (Å²) in [4.78, 5) is 29.2. The molecule has 9 heteroatoms. The number of carbonyl (C=O) groups is 1. The number of amides is 1. The van der Waals surface area contributed by atoms with Crippen LogP contribution in [-0.2, 0) is 19.1 Å². The maximum Gasteiger partial charge on any atom is 0.416 e. The van der Waals surface area contributed by atoms with E-state index in [1.807, 2.05) is 0 Å². The number of anilines is 2. The van der Waals surface area contributed by atoms with E-state index in [1.165, 1.54) is 18.6 Å². The summed E-state index contributed by atoms with van der Waals surface area (Å²) in [6, 6.07) is 4.46. The summed E-state index contributed by atoms with van der Waals surface area (Å²) in [5.74, 6) is 1.45. The van der Waals surface area contributed by atoms with Crippen molar-refractivity contribution in [3.05, 3.63) is 46.6 Å². The fraction of sp³-hybridized carbons (Fsp3) is 0.542. The summed E-state index contributed by atoms with van der Waals surface area (Å²) in [6.07, 6.45) is 1.97. The first-order chi connectivity index (χ1) is 15.9. The van der Waals surface area contributed by atoms with Gasteiger partial charge in [0.1, 0.15) is 5.82 Å². The number of aromatic nitrogens is 2. The topological polar surface area (TPSA) is 52.6 Å². The van der Waals surface area contributed by atoms with Crippen molar-refractivity contribution in [2.75, 3.05) is 42.5 Å². The predicted molar refractivity (Wildman–Crippen MR) is 119 cm³/mol. The van der Waals surface area contributed by atoms with Gasteiger partial charge in [0.25, 0.3) is 5.91 Å². The van der Waals surface area contributed by atoms with Crippen molar-refractivity contribution in [3.8, 4) is 0 Å². The SMILES string of the molecule is O=C(c1ccc(C(F)(F)F)cc1)N1CCc2nc(N3CCCCC3)nc(N3CCCC3)c2C1. The van der Waals surface area contributed by atoms with E-state index in [4.69, 9.17) is 9.97 Å². The lowest BCUT2D eigenvalue weighted by atomic mass is 10.0. The van der Waals surface area contributed by atoms with Gasteiger partial charge in [-0.3, -0.25) is 4.79 Å². The third-order valence-corrected chi connectivity index (χ3v) is 6.82. The first-order valence-corrected chi connectivity index (χ1v) is 11.8. The second-order valence-electron chi connectivity index (χ2n) is 9.07. The molecule has 6 nitrogen and oxygen atoms in total. The Morgan fingerprint density at radius 3 is 2.12 bits per heavy atom. The number of alkyl halides is 3. The molecule has 5 rings (SSSR count). The molecule has 33 heavy (non-hydrogen) atoms. The first kappa shape index (κ1) is 22.0. The van der Waals surface area contributed by atoms with Gasteiger partial charge in [0, 0.05) is 50.3 Å². The van der Waals surface area contributed by atoms with Crippen LogP contribution in [0.15, 0.2) is 24.3 Å². The largest absolute Gasteiger partial charge is 0.416 e. The highest BCUT2D eigenvalue weighted by atomic mass is 19.4. The fourth-order valence-corrected chi connectivity index (χ4v) is 4.97. The quantitative estimate of drug-likeness (QED) is 0.686.